The summed E-state index contributed by atoms with van der Waals surface area (Å²) in [7, 11) is 0. The third-order valence-electron chi connectivity index (χ3n) is 6.78. The number of likely N-dealkylation sites (tertiary alicyclic amines) is 1. The minimum atomic E-state index is 0.114. The second kappa shape index (κ2) is 9.50. The molecule has 33 heavy (non-hydrogen) atoms. The Kier molecular flexibility index (Phi) is 6.47. The number of pyridine rings is 3. The summed E-state index contributed by atoms with van der Waals surface area (Å²) in [5.41, 5.74) is 5.69. The lowest BCUT2D eigenvalue weighted by molar-refractivity contribution is -0.605. The molecule has 0 aromatic carbocycles. The zero-order valence-electron chi connectivity index (χ0n) is 18.1. The Balaban J connectivity index is 1.36. The lowest BCUT2D eigenvalue weighted by atomic mass is 9.78. The smallest absolute Gasteiger partial charge is 0.226 e. The molecule has 1 saturated heterocycles. The Morgan fingerprint density at radius 1 is 1.00 bits per heavy atom. The van der Waals surface area contributed by atoms with Crippen LogP contribution in [0.2, 0.25) is 0 Å². The molecular weight excluding hydrogens is 548 g/mol. The van der Waals surface area contributed by atoms with E-state index in [9.17, 15) is 10.0 Å². The molecule has 0 bridgehead atoms. The van der Waals surface area contributed by atoms with E-state index in [0.29, 0.717) is 12.3 Å². The van der Waals surface area contributed by atoms with E-state index >= 15 is 0 Å². The number of nitrogens with zero attached hydrogens (tertiary/aromatic N) is 4. The van der Waals surface area contributed by atoms with Crippen molar-refractivity contribution in [2.75, 3.05) is 13.1 Å². The van der Waals surface area contributed by atoms with Gasteiger partial charge in [0.05, 0.1) is 17.8 Å². The van der Waals surface area contributed by atoms with Crippen LogP contribution in [0.5, 0.6) is 0 Å². The summed E-state index contributed by atoms with van der Waals surface area (Å²) in [6, 6.07) is 7.82. The molecule has 0 N–H and O–H groups in total. The van der Waals surface area contributed by atoms with Crippen LogP contribution < -0.4 is 4.73 Å². The summed E-state index contributed by atoms with van der Waals surface area (Å²) in [6.07, 6.45) is 10.7. The van der Waals surface area contributed by atoms with Gasteiger partial charge in [0.25, 0.3) is 0 Å². The Labute approximate surface area is 209 Å². The molecule has 6 nitrogen and oxygen atoms in total. The number of hydrogen-bond acceptors (Lipinski definition) is 4. The number of piperidine rings is 1. The normalized spacial score (nSPS) is 16.7. The molecule has 0 spiro atoms. The van der Waals surface area contributed by atoms with Crippen molar-refractivity contribution in [2.45, 2.75) is 38.0 Å². The highest BCUT2D eigenvalue weighted by molar-refractivity contribution is 9.10. The van der Waals surface area contributed by atoms with Gasteiger partial charge in [0.15, 0.2) is 12.4 Å². The van der Waals surface area contributed by atoms with Gasteiger partial charge in [-0.15, -0.1) is 0 Å². The Morgan fingerprint density at radius 3 is 2.09 bits per heavy atom. The largest absolute Gasteiger partial charge is 0.619 e. The van der Waals surface area contributed by atoms with Gasteiger partial charge in [-0.3, -0.25) is 14.8 Å². The summed E-state index contributed by atoms with van der Waals surface area (Å²) < 4.78 is 2.74. The van der Waals surface area contributed by atoms with Gasteiger partial charge in [0.2, 0.25) is 5.91 Å². The maximum atomic E-state index is 12.9. The van der Waals surface area contributed by atoms with Gasteiger partial charge >= 0.3 is 0 Å². The van der Waals surface area contributed by atoms with Crippen molar-refractivity contribution in [1.82, 2.24) is 14.9 Å². The first kappa shape index (κ1) is 22.5. The van der Waals surface area contributed by atoms with E-state index in [1.54, 1.807) is 12.1 Å². The third kappa shape index (κ3) is 4.82. The monoisotopic (exact) mass is 570 g/mol. The number of rotatable bonds is 3. The number of halogens is 2. The van der Waals surface area contributed by atoms with Gasteiger partial charge in [-0.05, 0) is 92.3 Å². The van der Waals surface area contributed by atoms with Gasteiger partial charge in [-0.25, -0.2) is 0 Å². The zero-order valence-corrected chi connectivity index (χ0v) is 21.3. The standard InChI is InChI=1S/C25H24Br2N4O2/c26-20-12-18-1-2-19-13-21(27)15-29-25(19)23(24(18)28-14-20)17-5-7-30(8-6-17)22(32)11-16-3-9-31(33)10-4-16/h3-4,9-10,12-15,17,23H,1-2,5-8,11H2. The molecule has 0 atom stereocenters. The third-order valence-corrected chi connectivity index (χ3v) is 7.65. The van der Waals surface area contributed by atoms with Crippen LogP contribution in [0.25, 0.3) is 0 Å². The van der Waals surface area contributed by atoms with Crippen LogP contribution >= 0.6 is 31.9 Å². The average molecular weight is 572 g/mol. The van der Waals surface area contributed by atoms with Crippen LogP contribution in [0.15, 0.2) is 58.0 Å². The maximum absolute atomic E-state index is 12.9. The molecule has 4 heterocycles. The van der Waals surface area contributed by atoms with E-state index in [-0.39, 0.29) is 11.8 Å². The van der Waals surface area contributed by atoms with Crippen LogP contribution in [-0.4, -0.2) is 33.9 Å². The summed E-state index contributed by atoms with van der Waals surface area (Å²) >= 11 is 7.17. The molecule has 0 saturated carbocycles. The van der Waals surface area contributed by atoms with Crippen molar-refractivity contribution in [1.29, 1.82) is 0 Å². The fourth-order valence-corrected chi connectivity index (χ4v) is 5.88. The first-order chi connectivity index (χ1) is 16.0. The van der Waals surface area contributed by atoms with E-state index in [2.05, 4.69) is 44.0 Å². The van der Waals surface area contributed by atoms with Crippen molar-refractivity contribution in [3.63, 3.8) is 0 Å². The fraction of sp³-hybridized carbons (Fsp3) is 0.360. The summed E-state index contributed by atoms with van der Waals surface area (Å²) in [4.78, 5) is 24.6. The molecule has 5 rings (SSSR count). The average Bonchev–Trinajstić information content (AvgIpc) is 2.97. The molecular formula is C25H24Br2N4O2. The molecule has 0 unspecified atom stereocenters. The van der Waals surface area contributed by atoms with Gasteiger partial charge in [0.1, 0.15) is 0 Å². The number of aromatic nitrogens is 3. The predicted molar refractivity (Wildman–Crippen MR) is 132 cm³/mol. The Hall–Kier alpha value is -2.32. The van der Waals surface area contributed by atoms with E-state index in [4.69, 9.17) is 9.97 Å². The lowest BCUT2D eigenvalue weighted by Gasteiger charge is -2.36. The summed E-state index contributed by atoms with van der Waals surface area (Å²) in [6.45, 7) is 1.46. The Morgan fingerprint density at radius 2 is 1.55 bits per heavy atom. The van der Waals surface area contributed by atoms with E-state index in [1.165, 1.54) is 23.5 Å². The number of fused-ring (bicyclic) bond motifs is 2. The van der Waals surface area contributed by atoms with E-state index in [0.717, 1.165) is 69.4 Å². The molecule has 8 heteroatoms. The predicted octanol–water partition coefficient (Wildman–Crippen LogP) is 4.35. The maximum Gasteiger partial charge on any atom is 0.226 e. The number of carbonyl (C=O) groups excluding carboxylic acids is 1. The van der Waals surface area contributed by atoms with Crippen molar-refractivity contribution in [2.24, 2.45) is 5.92 Å². The van der Waals surface area contributed by atoms with Crippen LogP contribution in [0.3, 0.4) is 0 Å². The lowest BCUT2D eigenvalue weighted by Crippen LogP contribution is -2.41. The van der Waals surface area contributed by atoms with E-state index < -0.39 is 0 Å². The number of hydrogen-bond donors (Lipinski definition) is 0. The SMILES string of the molecule is O=C(Cc1cc[n+]([O-])cc1)N1CCC(C2c3ncc(Br)cc3CCc3cc(Br)cnc32)CC1. The van der Waals surface area contributed by atoms with Gasteiger partial charge in [-0.1, -0.05) is 0 Å². The first-order valence-electron chi connectivity index (χ1n) is 11.2. The van der Waals surface area contributed by atoms with Crippen molar-refractivity contribution in [3.05, 3.63) is 91.3 Å². The molecule has 3 aromatic rings. The molecule has 0 radical (unpaired) electrons. The number of carbonyl (C=O) groups is 1. The van der Waals surface area contributed by atoms with Crippen LogP contribution in [-0.2, 0) is 24.1 Å². The van der Waals surface area contributed by atoms with Crippen molar-refractivity contribution >= 4 is 37.8 Å². The second-order valence-electron chi connectivity index (χ2n) is 8.83. The highest BCUT2D eigenvalue weighted by Crippen LogP contribution is 2.42. The summed E-state index contributed by atoms with van der Waals surface area (Å²) in [5, 5.41) is 11.2. The molecule has 1 amide bonds. The first-order valence-corrected chi connectivity index (χ1v) is 12.8. The van der Waals surface area contributed by atoms with Crippen molar-refractivity contribution in [3.8, 4) is 0 Å². The Bertz CT molecular complexity index is 1120. The molecule has 3 aromatic heterocycles. The number of aryl methyl sites for hydroxylation is 2. The minimum Gasteiger partial charge on any atom is -0.619 e. The number of amides is 1. The molecule has 1 aliphatic heterocycles. The molecule has 170 valence electrons. The van der Waals surface area contributed by atoms with Crippen molar-refractivity contribution < 1.29 is 9.52 Å². The highest BCUT2D eigenvalue weighted by atomic mass is 79.9. The van der Waals surface area contributed by atoms with Gasteiger partial charge in [-0.2, -0.15) is 4.73 Å². The quantitative estimate of drug-likeness (QED) is 0.346. The van der Waals surface area contributed by atoms with E-state index in [1.807, 2.05) is 17.3 Å². The molecule has 2 aliphatic rings. The van der Waals surface area contributed by atoms with Crippen LogP contribution in [0.1, 0.15) is 46.8 Å². The topological polar surface area (TPSA) is 73.0 Å². The molecule has 1 aliphatic carbocycles. The van der Waals surface area contributed by atoms with Gasteiger partial charge < -0.3 is 10.1 Å². The van der Waals surface area contributed by atoms with Gasteiger partial charge in [0, 0.05) is 52.5 Å². The summed E-state index contributed by atoms with van der Waals surface area (Å²) in [5.74, 6) is 0.628. The van der Waals surface area contributed by atoms with Crippen LogP contribution in [0, 0.1) is 11.1 Å². The van der Waals surface area contributed by atoms with Crippen LogP contribution in [0.4, 0.5) is 0 Å². The second-order valence-corrected chi connectivity index (χ2v) is 10.7. The fourth-order valence-electron chi connectivity index (χ4n) is 5.12. The minimum absolute atomic E-state index is 0.114. The highest BCUT2D eigenvalue weighted by Gasteiger charge is 2.36. The molecule has 1 fully saturated rings. The zero-order chi connectivity index (χ0) is 22.9.